The predicted octanol–water partition coefficient (Wildman–Crippen LogP) is 1.69. The van der Waals surface area contributed by atoms with E-state index < -0.39 is 8.32 Å². The number of ketones is 2. The average Bonchev–Trinajstić information content (AvgIpc) is 1.96. The van der Waals surface area contributed by atoms with E-state index in [1.165, 1.54) is 6.92 Å². The van der Waals surface area contributed by atoms with Crippen LogP contribution in [0.25, 0.3) is 0 Å². The first-order valence-corrected chi connectivity index (χ1v) is 8.34. The van der Waals surface area contributed by atoms with Gasteiger partial charge in [0.1, 0.15) is 11.6 Å². The Morgan fingerprint density at radius 1 is 1.07 bits per heavy atom. The Balaban J connectivity index is 3.82. The summed E-state index contributed by atoms with van der Waals surface area (Å²) in [5, 5.41) is 0. The van der Waals surface area contributed by atoms with Gasteiger partial charge in [-0.1, -0.05) is 0 Å². The molecule has 0 saturated heterocycles. The van der Waals surface area contributed by atoms with E-state index in [-0.39, 0.29) is 36.8 Å². The first kappa shape index (κ1) is 14.0. The fourth-order valence-electron chi connectivity index (χ4n) is 1.00. The van der Waals surface area contributed by atoms with E-state index in [9.17, 15) is 14.4 Å². The molecule has 0 aromatic rings. The summed E-state index contributed by atoms with van der Waals surface area (Å²) in [6.45, 7) is 7.07. The molecule has 0 aliphatic carbocycles. The zero-order chi connectivity index (χ0) is 12.1. The molecule has 4 nitrogen and oxygen atoms in total. The zero-order valence-corrected chi connectivity index (χ0v) is 10.8. The van der Waals surface area contributed by atoms with Gasteiger partial charge in [0.25, 0.3) is 5.97 Å². The number of carbonyl (C=O) groups is 3. The molecule has 0 bridgehead atoms. The topological polar surface area (TPSA) is 60.4 Å². The SMILES string of the molecule is CC(=O)CC(=O)CCC(=O)O[Si](C)(C)C. The highest BCUT2D eigenvalue weighted by Gasteiger charge is 2.20. The Bertz CT molecular complexity index is 265. The highest BCUT2D eigenvalue weighted by Crippen LogP contribution is 2.06. The van der Waals surface area contributed by atoms with Crippen molar-refractivity contribution in [1.82, 2.24) is 0 Å². The predicted molar refractivity (Wildman–Crippen MR) is 59.0 cm³/mol. The van der Waals surface area contributed by atoms with Crippen LogP contribution in [0, 0.1) is 0 Å². The molecule has 0 amide bonds. The molecule has 0 fully saturated rings. The zero-order valence-electron chi connectivity index (χ0n) is 9.75. The lowest BCUT2D eigenvalue weighted by Crippen LogP contribution is -2.29. The second-order valence-corrected chi connectivity index (χ2v) is 8.93. The summed E-state index contributed by atoms with van der Waals surface area (Å²) in [5.41, 5.74) is 0. The third kappa shape index (κ3) is 9.33. The van der Waals surface area contributed by atoms with Gasteiger partial charge in [-0.25, -0.2) is 0 Å². The van der Waals surface area contributed by atoms with E-state index in [1.54, 1.807) is 0 Å². The molecule has 0 aromatic carbocycles. The number of hydrogen-bond donors (Lipinski definition) is 0. The summed E-state index contributed by atoms with van der Waals surface area (Å²) in [5.74, 6) is -0.709. The summed E-state index contributed by atoms with van der Waals surface area (Å²) < 4.78 is 5.16. The van der Waals surface area contributed by atoms with Crippen molar-refractivity contribution in [3.63, 3.8) is 0 Å². The lowest BCUT2D eigenvalue weighted by Gasteiger charge is -2.16. The van der Waals surface area contributed by atoms with Gasteiger partial charge in [0.2, 0.25) is 8.32 Å². The number of carbonyl (C=O) groups excluding carboxylic acids is 3. The molecule has 0 aliphatic heterocycles. The standard InChI is InChI=1S/C10H18O4Si/c1-8(11)7-9(12)5-6-10(13)14-15(2,3)4/h5-7H2,1-4H3. The summed E-state index contributed by atoms with van der Waals surface area (Å²) in [4.78, 5) is 32.9. The highest BCUT2D eigenvalue weighted by atomic mass is 28.4. The van der Waals surface area contributed by atoms with Crippen molar-refractivity contribution in [1.29, 1.82) is 0 Å². The van der Waals surface area contributed by atoms with Crippen LogP contribution in [-0.4, -0.2) is 25.9 Å². The van der Waals surface area contributed by atoms with Crippen LogP contribution >= 0.6 is 0 Å². The van der Waals surface area contributed by atoms with Crippen LogP contribution in [0.1, 0.15) is 26.2 Å². The fraction of sp³-hybridized carbons (Fsp3) is 0.700. The lowest BCUT2D eigenvalue weighted by molar-refractivity contribution is -0.137. The van der Waals surface area contributed by atoms with Crippen molar-refractivity contribution >= 4 is 25.9 Å². The maximum atomic E-state index is 11.2. The van der Waals surface area contributed by atoms with Gasteiger partial charge < -0.3 is 4.43 Å². The highest BCUT2D eigenvalue weighted by molar-refractivity contribution is 6.71. The third-order valence-electron chi connectivity index (χ3n) is 1.47. The molecule has 5 heteroatoms. The van der Waals surface area contributed by atoms with Gasteiger partial charge in [-0.3, -0.25) is 14.4 Å². The maximum absolute atomic E-state index is 11.2. The largest absolute Gasteiger partial charge is 0.520 e. The summed E-state index contributed by atoms with van der Waals surface area (Å²) in [6, 6.07) is 0. The minimum absolute atomic E-state index is 0.0797. The fourth-order valence-corrected chi connectivity index (χ4v) is 1.79. The lowest BCUT2D eigenvalue weighted by atomic mass is 10.1. The van der Waals surface area contributed by atoms with Crippen molar-refractivity contribution in [2.45, 2.75) is 45.8 Å². The van der Waals surface area contributed by atoms with Crippen molar-refractivity contribution in [2.75, 3.05) is 0 Å². The molecule has 0 spiro atoms. The Morgan fingerprint density at radius 2 is 1.60 bits per heavy atom. The maximum Gasteiger partial charge on any atom is 0.292 e. The minimum Gasteiger partial charge on any atom is -0.520 e. The summed E-state index contributed by atoms with van der Waals surface area (Å²) in [6.07, 6.45) is 0.0967. The Kier molecular flexibility index (Phi) is 5.42. The molecule has 0 unspecified atom stereocenters. The van der Waals surface area contributed by atoms with Gasteiger partial charge >= 0.3 is 0 Å². The normalized spacial score (nSPS) is 10.9. The third-order valence-corrected chi connectivity index (χ3v) is 2.31. The molecule has 15 heavy (non-hydrogen) atoms. The van der Waals surface area contributed by atoms with Crippen LogP contribution < -0.4 is 0 Å². The second-order valence-electron chi connectivity index (χ2n) is 4.50. The molecule has 0 rings (SSSR count). The molecule has 0 N–H and O–H groups in total. The summed E-state index contributed by atoms with van der Waals surface area (Å²) >= 11 is 0. The van der Waals surface area contributed by atoms with Crippen LogP contribution in [0.5, 0.6) is 0 Å². The van der Waals surface area contributed by atoms with Crippen molar-refractivity contribution in [3.05, 3.63) is 0 Å². The van der Waals surface area contributed by atoms with E-state index in [1.807, 2.05) is 19.6 Å². The first-order chi connectivity index (χ1) is 6.70. The number of Topliss-reactive ketones (excluding diaryl/α,β-unsaturated/α-hetero) is 2. The van der Waals surface area contributed by atoms with E-state index in [0.717, 1.165) is 0 Å². The van der Waals surface area contributed by atoms with Gasteiger partial charge in [-0.2, -0.15) is 0 Å². The monoisotopic (exact) mass is 230 g/mol. The first-order valence-electron chi connectivity index (χ1n) is 4.93. The van der Waals surface area contributed by atoms with E-state index in [0.29, 0.717) is 0 Å². The van der Waals surface area contributed by atoms with Crippen LogP contribution in [-0.2, 0) is 18.8 Å². The molecule has 0 aromatic heterocycles. The van der Waals surface area contributed by atoms with Crippen LogP contribution in [0.3, 0.4) is 0 Å². The van der Waals surface area contributed by atoms with Gasteiger partial charge in [-0.05, 0) is 26.6 Å². The molecule has 0 radical (unpaired) electrons. The van der Waals surface area contributed by atoms with E-state index in [2.05, 4.69) is 0 Å². The van der Waals surface area contributed by atoms with Gasteiger partial charge in [0.15, 0.2) is 0 Å². The van der Waals surface area contributed by atoms with Gasteiger partial charge in [0.05, 0.1) is 12.8 Å². The van der Waals surface area contributed by atoms with Crippen LogP contribution in [0.4, 0.5) is 0 Å². The van der Waals surface area contributed by atoms with Crippen LogP contribution in [0.2, 0.25) is 19.6 Å². The summed E-state index contributed by atoms with van der Waals surface area (Å²) in [7, 11) is -1.85. The molecular formula is C10H18O4Si. The Labute approximate surface area is 91.1 Å². The van der Waals surface area contributed by atoms with E-state index in [4.69, 9.17) is 4.43 Å². The average molecular weight is 230 g/mol. The van der Waals surface area contributed by atoms with E-state index >= 15 is 0 Å². The van der Waals surface area contributed by atoms with Crippen LogP contribution in [0.15, 0.2) is 0 Å². The molecule has 86 valence electrons. The van der Waals surface area contributed by atoms with Crippen molar-refractivity contribution in [2.24, 2.45) is 0 Å². The van der Waals surface area contributed by atoms with Crippen molar-refractivity contribution in [3.8, 4) is 0 Å². The number of rotatable bonds is 6. The Morgan fingerprint density at radius 3 is 2.00 bits per heavy atom. The van der Waals surface area contributed by atoms with Gasteiger partial charge in [-0.15, -0.1) is 0 Å². The minimum atomic E-state index is -1.85. The molecule has 0 atom stereocenters. The Hall–Kier alpha value is -0.973. The second kappa shape index (κ2) is 5.80. The molecule has 0 aliphatic rings. The smallest absolute Gasteiger partial charge is 0.292 e. The van der Waals surface area contributed by atoms with Crippen molar-refractivity contribution < 1.29 is 18.8 Å². The molecule has 0 saturated carbocycles. The molecule has 0 heterocycles. The molecular weight excluding hydrogens is 212 g/mol. The van der Waals surface area contributed by atoms with Gasteiger partial charge in [0, 0.05) is 6.42 Å². The quantitative estimate of drug-likeness (QED) is 0.514. The number of hydrogen-bond acceptors (Lipinski definition) is 4.